The topological polar surface area (TPSA) is 31.4 Å². The number of hydrogen-bond donors (Lipinski definition) is 0. The van der Waals surface area contributed by atoms with Gasteiger partial charge >= 0.3 is 0 Å². The van der Waals surface area contributed by atoms with Gasteiger partial charge < -0.3 is 9.47 Å². The summed E-state index contributed by atoms with van der Waals surface area (Å²) in [5.41, 5.74) is 6.10. The van der Waals surface area contributed by atoms with Crippen LogP contribution in [0.2, 0.25) is 5.02 Å². The first kappa shape index (κ1) is 16.2. The fraction of sp³-hybridized carbons (Fsp3) is 0.0870. The molecule has 3 aromatic carbocycles. The van der Waals surface area contributed by atoms with E-state index in [4.69, 9.17) is 26.1 Å². The van der Waals surface area contributed by atoms with Gasteiger partial charge in [-0.1, -0.05) is 35.9 Å². The average Bonchev–Trinajstić information content (AvgIpc) is 2.73. The molecule has 0 N–H and O–H groups in total. The van der Waals surface area contributed by atoms with Gasteiger partial charge in [-0.2, -0.15) is 0 Å². The predicted octanol–water partition coefficient (Wildman–Crippen LogP) is 6.12. The Morgan fingerprint density at radius 2 is 1.81 bits per heavy atom. The van der Waals surface area contributed by atoms with Gasteiger partial charge in [-0.3, -0.25) is 0 Å². The third-order valence-corrected chi connectivity index (χ3v) is 5.16. The number of pyridine rings is 1. The predicted molar refractivity (Wildman–Crippen MR) is 109 cm³/mol. The maximum Gasteiger partial charge on any atom is 0.139 e. The maximum absolute atomic E-state index is 6.25. The van der Waals surface area contributed by atoms with Gasteiger partial charge in [-0.15, -0.1) is 0 Å². The highest BCUT2D eigenvalue weighted by atomic mass is 35.5. The van der Waals surface area contributed by atoms with Crippen LogP contribution in [0.1, 0.15) is 5.56 Å². The van der Waals surface area contributed by atoms with E-state index in [-0.39, 0.29) is 0 Å². The Morgan fingerprint density at radius 1 is 1.00 bits per heavy atom. The van der Waals surface area contributed by atoms with Gasteiger partial charge in [-0.25, -0.2) is 4.98 Å². The molecule has 0 radical (unpaired) electrons. The van der Waals surface area contributed by atoms with Gasteiger partial charge in [-0.05, 0) is 53.6 Å². The van der Waals surface area contributed by atoms with Crippen molar-refractivity contribution < 1.29 is 9.47 Å². The lowest BCUT2D eigenvalue weighted by atomic mass is 9.91. The minimum Gasteiger partial charge on any atom is -0.497 e. The van der Waals surface area contributed by atoms with Crippen LogP contribution in [0.15, 0.2) is 66.7 Å². The van der Waals surface area contributed by atoms with E-state index in [1.807, 2.05) is 54.6 Å². The number of nitrogens with zero attached hydrogens (tertiary/aromatic N) is 1. The van der Waals surface area contributed by atoms with Gasteiger partial charge in [0.2, 0.25) is 0 Å². The summed E-state index contributed by atoms with van der Waals surface area (Å²) in [6.45, 7) is 0.539. The van der Waals surface area contributed by atoms with Crippen LogP contribution in [0.4, 0.5) is 0 Å². The summed E-state index contributed by atoms with van der Waals surface area (Å²) < 4.78 is 11.5. The Bertz CT molecular complexity index is 1170. The molecule has 0 aliphatic carbocycles. The molecular weight excluding hydrogens is 358 g/mol. The molecule has 3 nitrogen and oxygen atoms in total. The number of rotatable bonds is 2. The average molecular weight is 374 g/mol. The quantitative estimate of drug-likeness (QED) is 0.424. The molecule has 1 aliphatic rings. The fourth-order valence-corrected chi connectivity index (χ4v) is 3.78. The summed E-state index contributed by atoms with van der Waals surface area (Å²) in [6, 6.07) is 22.0. The first-order valence-electron chi connectivity index (χ1n) is 8.73. The minimum absolute atomic E-state index is 0.539. The van der Waals surface area contributed by atoms with Crippen molar-refractivity contribution in [2.75, 3.05) is 7.11 Å². The minimum atomic E-state index is 0.539. The Balaban J connectivity index is 1.86. The monoisotopic (exact) mass is 373 g/mol. The Labute approximate surface area is 162 Å². The van der Waals surface area contributed by atoms with E-state index in [1.54, 1.807) is 7.11 Å². The lowest BCUT2D eigenvalue weighted by molar-refractivity contribution is 0.306. The number of ether oxygens (including phenoxy) is 2. The van der Waals surface area contributed by atoms with Gasteiger partial charge in [0.15, 0.2) is 0 Å². The summed E-state index contributed by atoms with van der Waals surface area (Å²) >= 11 is 6.25. The van der Waals surface area contributed by atoms with Crippen LogP contribution < -0.4 is 9.47 Å². The van der Waals surface area contributed by atoms with Crippen LogP contribution in [-0.2, 0) is 6.61 Å². The number of methoxy groups -OCH3 is 1. The summed E-state index contributed by atoms with van der Waals surface area (Å²) in [5.74, 6) is 1.66. The number of fused-ring (bicyclic) bond motifs is 5. The van der Waals surface area contributed by atoms with E-state index in [2.05, 4.69) is 12.1 Å². The lowest BCUT2D eigenvalue weighted by Crippen LogP contribution is -2.08. The van der Waals surface area contributed by atoms with Crippen molar-refractivity contribution in [2.24, 2.45) is 0 Å². The summed E-state index contributed by atoms with van der Waals surface area (Å²) in [4.78, 5) is 4.97. The summed E-state index contributed by atoms with van der Waals surface area (Å²) in [7, 11) is 1.67. The standard InChI is InChI=1S/C23H16ClNO2/c1-26-17-9-6-14(7-10-17)22-21-18-5-3-2-4-15(18)13-27-23(21)19-12-16(24)8-11-20(19)25-22/h2-12H,13H2,1H3. The van der Waals surface area contributed by atoms with Crippen molar-refractivity contribution in [1.82, 2.24) is 4.98 Å². The van der Waals surface area contributed by atoms with Crippen molar-refractivity contribution in [2.45, 2.75) is 6.61 Å². The molecule has 0 saturated carbocycles. The normalized spacial score (nSPS) is 12.2. The smallest absolute Gasteiger partial charge is 0.139 e. The molecule has 0 bridgehead atoms. The third-order valence-electron chi connectivity index (χ3n) is 4.92. The van der Waals surface area contributed by atoms with E-state index in [1.165, 1.54) is 0 Å². The molecule has 132 valence electrons. The molecule has 2 heterocycles. The highest BCUT2D eigenvalue weighted by Gasteiger charge is 2.25. The molecule has 1 aliphatic heterocycles. The molecule has 4 heteroatoms. The molecule has 4 aromatic rings. The van der Waals surface area contributed by atoms with E-state index < -0.39 is 0 Å². The SMILES string of the molecule is COc1ccc(-c2nc3ccc(Cl)cc3c3c2-c2ccccc2CO3)cc1. The summed E-state index contributed by atoms with van der Waals surface area (Å²) in [5, 5.41) is 1.61. The zero-order valence-corrected chi connectivity index (χ0v) is 15.5. The first-order valence-corrected chi connectivity index (χ1v) is 9.11. The van der Waals surface area contributed by atoms with Crippen molar-refractivity contribution in [3.05, 3.63) is 77.3 Å². The second kappa shape index (κ2) is 6.29. The second-order valence-electron chi connectivity index (χ2n) is 6.50. The first-order chi connectivity index (χ1) is 13.2. The molecule has 5 rings (SSSR count). The van der Waals surface area contributed by atoms with Gasteiger partial charge in [0, 0.05) is 16.0 Å². The number of aromatic nitrogens is 1. The van der Waals surface area contributed by atoms with Crippen LogP contribution in [0.5, 0.6) is 11.5 Å². The fourth-order valence-electron chi connectivity index (χ4n) is 3.60. The summed E-state index contributed by atoms with van der Waals surface area (Å²) in [6.07, 6.45) is 0. The van der Waals surface area contributed by atoms with E-state index in [9.17, 15) is 0 Å². The number of halogens is 1. The Morgan fingerprint density at radius 3 is 2.63 bits per heavy atom. The molecule has 0 amide bonds. The Hall–Kier alpha value is -3.04. The van der Waals surface area contributed by atoms with Crippen LogP contribution in [-0.4, -0.2) is 12.1 Å². The van der Waals surface area contributed by atoms with E-state index >= 15 is 0 Å². The zero-order chi connectivity index (χ0) is 18.4. The zero-order valence-electron chi connectivity index (χ0n) is 14.7. The third kappa shape index (κ3) is 2.63. The molecule has 0 spiro atoms. The van der Waals surface area contributed by atoms with Crippen molar-refractivity contribution in [3.63, 3.8) is 0 Å². The van der Waals surface area contributed by atoms with Gasteiger partial charge in [0.05, 0.1) is 23.9 Å². The molecular formula is C23H16ClNO2. The number of benzene rings is 3. The van der Waals surface area contributed by atoms with Crippen LogP contribution in [0.25, 0.3) is 33.3 Å². The molecule has 27 heavy (non-hydrogen) atoms. The van der Waals surface area contributed by atoms with Gasteiger partial charge in [0.25, 0.3) is 0 Å². The molecule has 0 atom stereocenters. The van der Waals surface area contributed by atoms with Crippen molar-refractivity contribution in [3.8, 4) is 33.9 Å². The molecule has 0 unspecified atom stereocenters. The van der Waals surface area contributed by atoms with Crippen molar-refractivity contribution >= 4 is 22.5 Å². The highest BCUT2D eigenvalue weighted by Crippen LogP contribution is 2.47. The Kier molecular flexibility index (Phi) is 3.76. The van der Waals surface area contributed by atoms with Crippen molar-refractivity contribution in [1.29, 1.82) is 0 Å². The van der Waals surface area contributed by atoms with E-state index in [0.717, 1.165) is 50.3 Å². The largest absolute Gasteiger partial charge is 0.497 e. The number of hydrogen-bond acceptors (Lipinski definition) is 3. The van der Waals surface area contributed by atoms with Crippen LogP contribution >= 0.6 is 11.6 Å². The molecule has 0 fully saturated rings. The molecule has 0 saturated heterocycles. The second-order valence-corrected chi connectivity index (χ2v) is 6.94. The van der Waals surface area contributed by atoms with Crippen LogP contribution in [0.3, 0.4) is 0 Å². The van der Waals surface area contributed by atoms with Crippen LogP contribution in [0, 0.1) is 0 Å². The van der Waals surface area contributed by atoms with E-state index in [0.29, 0.717) is 11.6 Å². The lowest BCUT2D eigenvalue weighted by Gasteiger charge is -2.24. The highest BCUT2D eigenvalue weighted by molar-refractivity contribution is 6.31. The maximum atomic E-state index is 6.25. The molecule has 1 aromatic heterocycles. The van der Waals surface area contributed by atoms with Gasteiger partial charge in [0.1, 0.15) is 18.1 Å².